The number of piperidine rings is 1. The Morgan fingerprint density at radius 3 is 2.89 bits per heavy atom. The van der Waals surface area contributed by atoms with Gasteiger partial charge in [0, 0.05) is 28.6 Å². The van der Waals surface area contributed by atoms with Gasteiger partial charge in [-0.25, -0.2) is 0 Å². The van der Waals surface area contributed by atoms with E-state index in [1.165, 1.54) is 34.1 Å². The molecule has 2 atom stereocenters. The van der Waals surface area contributed by atoms with Crippen LogP contribution in [0.5, 0.6) is 5.75 Å². The van der Waals surface area contributed by atoms with Crippen LogP contribution in [0.2, 0.25) is 0 Å². The number of methoxy groups -OCH3 is 1. The van der Waals surface area contributed by atoms with Crippen LogP contribution in [0.1, 0.15) is 28.8 Å². The summed E-state index contributed by atoms with van der Waals surface area (Å²) in [5, 5.41) is 1.43. The maximum absolute atomic E-state index is 5.56. The topological polar surface area (TPSA) is 28.3 Å². The fourth-order valence-corrected chi connectivity index (χ4v) is 5.56. The predicted octanol–water partition coefficient (Wildman–Crippen LogP) is 4.47. The molecule has 0 bridgehead atoms. The second kappa shape index (κ2) is 6.13. The molecule has 3 heteroatoms. The van der Waals surface area contributed by atoms with Crippen molar-refractivity contribution in [3.05, 3.63) is 64.8 Å². The highest BCUT2D eigenvalue weighted by Gasteiger charge is 2.47. The molecule has 1 fully saturated rings. The van der Waals surface area contributed by atoms with E-state index in [9.17, 15) is 0 Å². The van der Waals surface area contributed by atoms with Crippen LogP contribution in [0, 0.1) is 12.8 Å². The lowest BCUT2D eigenvalue weighted by Crippen LogP contribution is -2.52. The third kappa shape index (κ3) is 2.52. The smallest absolute Gasteiger partial charge is 0.119 e. The number of H-pyrrole nitrogens is 1. The van der Waals surface area contributed by atoms with E-state index in [4.69, 9.17) is 4.74 Å². The van der Waals surface area contributed by atoms with Gasteiger partial charge in [-0.3, -0.25) is 0 Å². The quantitative estimate of drug-likeness (QED) is 0.730. The minimum atomic E-state index is 0.197. The molecule has 2 aliphatic rings. The number of aromatic nitrogens is 1. The Balaban J connectivity index is 1.68. The van der Waals surface area contributed by atoms with Crippen LogP contribution in [0.15, 0.2) is 42.5 Å². The first kappa shape index (κ1) is 16.9. The zero-order chi connectivity index (χ0) is 18.6. The van der Waals surface area contributed by atoms with E-state index in [0.717, 1.165) is 31.7 Å². The summed E-state index contributed by atoms with van der Waals surface area (Å²) in [5.41, 5.74) is 7.31. The Morgan fingerprint density at radius 2 is 2.04 bits per heavy atom. The molecular weight excluding hydrogens is 332 g/mol. The summed E-state index contributed by atoms with van der Waals surface area (Å²) in [4.78, 5) is 6.31. The van der Waals surface area contributed by atoms with Crippen LogP contribution in [-0.4, -0.2) is 37.1 Å². The highest BCUT2D eigenvalue weighted by Crippen LogP contribution is 2.49. The van der Waals surface area contributed by atoms with Gasteiger partial charge in [-0.1, -0.05) is 30.3 Å². The van der Waals surface area contributed by atoms with Gasteiger partial charge in [-0.15, -0.1) is 0 Å². The Bertz CT molecular complexity index is 1000. The van der Waals surface area contributed by atoms with Crippen molar-refractivity contribution in [3.63, 3.8) is 0 Å². The number of nitrogens with one attached hydrogen (secondary N) is 1. The van der Waals surface area contributed by atoms with Crippen LogP contribution in [0.3, 0.4) is 0 Å². The van der Waals surface area contributed by atoms with Crippen LogP contribution in [0.4, 0.5) is 0 Å². The third-order valence-electron chi connectivity index (χ3n) is 7.08. The zero-order valence-corrected chi connectivity index (χ0v) is 16.5. The third-order valence-corrected chi connectivity index (χ3v) is 7.08. The van der Waals surface area contributed by atoms with Crippen LogP contribution < -0.4 is 4.74 Å². The van der Waals surface area contributed by atoms with E-state index in [-0.39, 0.29) is 5.41 Å². The molecule has 0 spiro atoms. The summed E-state index contributed by atoms with van der Waals surface area (Å²) in [5.74, 6) is 1.60. The van der Waals surface area contributed by atoms with Crippen LogP contribution in [0.25, 0.3) is 10.9 Å². The molecule has 0 saturated carbocycles. The number of likely N-dealkylation sites (tertiary alicyclic amines) is 1. The summed E-state index contributed by atoms with van der Waals surface area (Å²) in [6.07, 6.45) is 3.46. The second-order valence-corrected chi connectivity index (χ2v) is 8.56. The molecule has 1 aromatic heterocycles. The number of nitrogens with zero attached hydrogens (tertiary/aromatic N) is 1. The molecule has 5 rings (SSSR count). The summed E-state index contributed by atoms with van der Waals surface area (Å²) in [6, 6.07) is 15.5. The number of ether oxygens (including phenoxy) is 1. The monoisotopic (exact) mass is 360 g/mol. The minimum absolute atomic E-state index is 0.197. The maximum atomic E-state index is 5.56. The van der Waals surface area contributed by atoms with Crippen molar-refractivity contribution in [2.75, 3.05) is 27.2 Å². The average molecular weight is 361 g/mol. The molecule has 27 heavy (non-hydrogen) atoms. The lowest BCUT2D eigenvalue weighted by atomic mass is 9.59. The van der Waals surface area contributed by atoms with Crippen LogP contribution in [-0.2, 0) is 18.3 Å². The van der Waals surface area contributed by atoms with E-state index < -0.39 is 0 Å². The van der Waals surface area contributed by atoms with Crippen molar-refractivity contribution in [1.29, 1.82) is 0 Å². The molecule has 140 valence electrons. The first-order chi connectivity index (χ1) is 13.1. The number of benzene rings is 2. The van der Waals surface area contributed by atoms with Crippen molar-refractivity contribution in [1.82, 2.24) is 9.88 Å². The second-order valence-electron chi connectivity index (χ2n) is 8.56. The lowest BCUT2D eigenvalue weighted by molar-refractivity contribution is 0.0994. The van der Waals surface area contributed by atoms with Gasteiger partial charge in [0.2, 0.25) is 0 Å². The van der Waals surface area contributed by atoms with E-state index in [1.807, 2.05) is 0 Å². The zero-order valence-electron chi connectivity index (χ0n) is 16.5. The number of fused-ring (bicyclic) bond motifs is 4. The summed E-state index contributed by atoms with van der Waals surface area (Å²) in [6.45, 7) is 4.53. The van der Waals surface area contributed by atoms with Crippen molar-refractivity contribution in [2.45, 2.75) is 31.6 Å². The van der Waals surface area contributed by atoms with Gasteiger partial charge in [0.1, 0.15) is 5.75 Å². The molecule has 2 heterocycles. The molecule has 3 nitrogen and oxygen atoms in total. The fourth-order valence-electron chi connectivity index (χ4n) is 5.56. The maximum Gasteiger partial charge on any atom is 0.119 e. The highest BCUT2D eigenvalue weighted by atomic mass is 16.5. The number of hydrogen-bond donors (Lipinski definition) is 1. The van der Waals surface area contributed by atoms with Gasteiger partial charge in [0.25, 0.3) is 0 Å². The number of aromatic amines is 1. The summed E-state index contributed by atoms with van der Waals surface area (Å²) in [7, 11) is 4.03. The van der Waals surface area contributed by atoms with Crippen molar-refractivity contribution < 1.29 is 4.74 Å². The molecular formula is C24H28N2O. The SMILES string of the molecule is COc1cccc([C@]23CCN(C)CC2Cc2c([nH]c4c(C)cccc24)C3)c1. The molecule has 1 aliphatic heterocycles. The molecule has 1 aliphatic carbocycles. The highest BCUT2D eigenvalue weighted by molar-refractivity contribution is 5.87. The van der Waals surface area contributed by atoms with E-state index >= 15 is 0 Å². The van der Waals surface area contributed by atoms with Gasteiger partial charge < -0.3 is 14.6 Å². The number of aryl methyl sites for hydroxylation is 1. The first-order valence-corrected chi connectivity index (χ1v) is 10.0. The normalized spacial score (nSPS) is 25.2. The fraction of sp³-hybridized carbons (Fsp3) is 0.417. The molecule has 0 radical (unpaired) electrons. The summed E-state index contributed by atoms with van der Waals surface area (Å²) >= 11 is 0. The largest absolute Gasteiger partial charge is 0.497 e. The molecule has 2 aromatic carbocycles. The van der Waals surface area contributed by atoms with Crippen molar-refractivity contribution in [3.8, 4) is 5.75 Å². The lowest BCUT2D eigenvalue weighted by Gasteiger charge is -2.50. The molecule has 1 N–H and O–H groups in total. The molecule has 0 amide bonds. The van der Waals surface area contributed by atoms with Gasteiger partial charge in [0.15, 0.2) is 0 Å². The van der Waals surface area contributed by atoms with Crippen LogP contribution >= 0.6 is 0 Å². The van der Waals surface area contributed by atoms with Gasteiger partial charge >= 0.3 is 0 Å². The Hall–Kier alpha value is -2.26. The average Bonchev–Trinajstić information content (AvgIpc) is 3.05. The van der Waals surface area contributed by atoms with Crippen molar-refractivity contribution in [2.24, 2.45) is 5.92 Å². The predicted molar refractivity (Wildman–Crippen MR) is 111 cm³/mol. The number of hydrogen-bond acceptors (Lipinski definition) is 2. The minimum Gasteiger partial charge on any atom is -0.497 e. The summed E-state index contributed by atoms with van der Waals surface area (Å²) < 4.78 is 5.56. The van der Waals surface area contributed by atoms with Gasteiger partial charge in [-0.05, 0) is 74.5 Å². The van der Waals surface area contributed by atoms with Crippen molar-refractivity contribution >= 4 is 10.9 Å². The standard InChI is InChI=1S/C24H28N2O/c1-16-6-4-9-20-21-13-18-15-26(2)11-10-24(18,14-22(21)25-23(16)20)17-7-5-8-19(12-17)27-3/h4-9,12,18,25H,10-11,13-15H2,1-3H3/t18?,24-/m1/s1. The Kier molecular flexibility index (Phi) is 3.83. The Morgan fingerprint density at radius 1 is 1.19 bits per heavy atom. The number of para-hydroxylation sites is 1. The number of rotatable bonds is 2. The van der Waals surface area contributed by atoms with E-state index in [0.29, 0.717) is 5.92 Å². The first-order valence-electron chi connectivity index (χ1n) is 10.0. The van der Waals surface area contributed by atoms with Gasteiger partial charge in [-0.2, -0.15) is 0 Å². The molecule has 1 unspecified atom stereocenters. The van der Waals surface area contributed by atoms with E-state index in [2.05, 4.69) is 66.3 Å². The molecule has 1 saturated heterocycles. The molecule has 3 aromatic rings. The van der Waals surface area contributed by atoms with Gasteiger partial charge in [0.05, 0.1) is 7.11 Å². The van der Waals surface area contributed by atoms with E-state index in [1.54, 1.807) is 12.7 Å². The Labute approximate surface area is 161 Å².